The van der Waals surface area contributed by atoms with E-state index in [1.807, 2.05) is 0 Å². The second kappa shape index (κ2) is 7.81. The van der Waals surface area contributed by atoms with Crippen molar-refractivity contribution in [3.05, 3.63) is 40.3 Å². The number of carbonyl (C=O) groups is 1. The number of ether oxygens (including phenoxy) is 1. The fraction of sp³-hybridized carbons (Fsp3) is 0.286. The summed E-state index contributed by atoms with van der Waals surface area (Å²) < 4.78 is 29.4. The molecule has 0 atom stereocenters. The second-order valence-electron chi connectivity index (χ2n) is 4.32. The number of alkyl halides is 2. The van der Waals surface area contributed by atoms with Crippen molar-refractivity contribution in [2.45, 2.75) is 12.8 Å². The fourth-order valence-corrected chi connectivity index (χ4v) is 2.48. The Morgan fingerprint density at radius 1 is 1.41 bits per heavy atom. The minimum Gasteiger partial charge on any atom is -0.485 e. The summed E-state index contributed by atoms with van der Waals surface area (Å²) >= 11 is 1.35. The SMILES string of the molecule is NCCc1nc(C(=O)Nc2ccccc2OCC(F)F)cs1. The van der Waals surface area contributed by atoms with Crippen LogP contribution in [-0.4, -0.2) is 30.5 Å². The van der Waals surface area contributed by atoms with Gasteiger partial charge in [0, 0.05) is 11.8 Å². The third kappa shape index (κ3) is 4.47. The molecule has 8 heteroatoms. The van der Waals surface area contributed by atoms with Gasteiger partial charge in [0.15, 0.2) is 0 Å². The highest BCUT2D eigenvalue weighted by Crippen LogP contribution is 2.25. The molecule has 0 saturated carbocycles. The first-order valence-corrected chi connectivity index (χ1v) is 7.44. The molecule has 2 rings (SSSR count). The molecule has 2 aromatic rings. The van der Waals surface area contributed by atoms with E-state index in [1.165, 1.54) is 17.4 Å². The van der Waals surface area contributed by atoms with E-state index in [1.54, 1.807) is 23.6 Å². The maximum Gasteiger partial charge on any atom is 0.275 e. The average Bonchev–Trinajstić information content (AvgIpc) is 2.95. The Morgan fingerprint density at radius 2 is 2.18 bits per heavy atom. The third-order valence-electron chi connectivity index (χ3n) is 2.64. The molecule has 0 fully saturated rings. The van der Waals surface area contributed by atoms with E-state index in [-0.39, 0.29) is 11.4 Å². The molecule has 0 saturated heterocycles. The molecule has 0 aliphatic rings. The van der Waals surface area contributed by atoms with E-state index in [4.69, 9.17) is 10.5 Å². The van der Waals surface area contributed by atoms with Crippen LogP contribution in [0.2, 0.25) is 0 Å². The molecule has 0 bridgehead atoms. The normalized spacial score (nSPS) is 10.7. The zero-order valence-corrected chi connectivity index (χ0v) is 12.4. The standard InChI is InChI=1S/C14H15F2N3O2S/c15-12(16)7-21-11-4-2-1-3-9(11)19-14(20)10-8-22-13(18-10)5-6-17/h1-4,8,12H,5-7,17H2,(H,19,20). The van der Waals surface area contributed by atoms with Gasteiger partial charge in [0.05, 0.1) is 10.7 Å². The first kappa shape index (κ1) is 16.3. The lowest BCUT2D eigenvalue weighted by Gasteiger charge is -2.11. The van der Waals surface area contributed by atoms with E-state index in [0.717, 1.165) is 5.01 Å². The molecule has 22 heavy (non-hydrogen) atoms. The largest absolute Gasteiger partial charge is 0.485 e. The van der Waals surface area contributed by atoms with Crippen LogP contribution in [0.25, 0.3) is 0 Å². The van der Waals surface area contributed by atoms with Crippen molar-refractivity contribution in [3.8, 4) is 5.75 Å². The van der Waals surface area contributed by atoms with Gasteiger partial charge < -0.3 is 15.8 Å². The Hall–Kier alpha value is -2.06. The van der Waals surface area contributed by atoms with Gasteiger partial charge in [-0.15, -0.1) is 11.3 Å². The molecular weight excluding hydrogens is 312 g/mol. The highest BCUT2D eigenvalue weighted by Gasteiger charge is 2.14. The molecule has 0 unspecified atom stereocenters. The summed E-state index contributed by atoms with van der Waals surface area (Å²) in [5.74, 6) is -0.235. The van der Waals surface area contributed by atoms with Crippen molar-refractivity contribution >= 4 is 22.9 Å². The molecule has 1 aromatic heterocycles. The quantitative estimate of drug-likeness (QED) is 0.819. The first-order chi connectivity index (χ1) is 10.6. The van der Waals surface area contributed by atoms with Crippen LogP contribution in [0.1, 0.15) is 15.5 Å². The molecular formula is C14H15F2N3O2S. The Balaban J connectivity index is 2.07. The van der Waals surface area contributed by atoms with Crippen molar-refractivity contribution in [3.63, 3.8) is 0 Å². The number of nitrogens with one attached hydrogen (secondary N) is 1. The van der Waals surface area contributed by atoms with Crippen LogP contribution < -0.4 is 15.8 Å². The van der Waals surface area contributed by atoms with Crippen LogP contribution in [0, 0.1) is 0 Å². The van der Waals surface area contributed by atoms with Gasteiger partial charge in [0.2, 0.25) is 0 Å². The summed E-state index contributed by atoms with van der Waals surface area (Å²) in [4.78, 5) is 16.3. The summed E-state index contributed by atoms with van der Waals surface area (Å²) in [6.45, 7) is -0.275. The number of benzene rings is 1. The maximum atomic E-state index is 12.2. The molecule has 0 spiro atoms. The number of amides is 1. The molecule has 0 aliphatic carbocycles. The van der Waals surface area contributed by atoms with Crippen LogP contribution in [-0.2, 0) is 6.42 Å². The summed E-state index contributed by atoms with van der Waals surface area (Å²) in [7, 11) is 0. The number of anilines is 1. The second-order valence-corrected chi connectivity index (χ2v) is 5.26. The number of carbonyl (C=O) groups excluding carboxylic acids is 1. The Labute approximate surface area is 130 Å². The van der Waals surface area contributed by atoms with Crippen molar-refractivity contribution in [2.24, 2.45) is 5.73 Å². The van der Waals surface area contributed by atoms with Crippen LogP contribution >= 0.6 is 11.3 Å². The van der Waals surface area contributed by atoms with E-state index in [2.05, 4.69) is 10.3 Å². The van der Waals surface area contributed by atoms with Gasteiger partial charge in [-0.25, -0.2) is 13.8 Å². The molecule has 118 valence electrons. The van der Waals surface area contributed by atoms with Gasteiger partial charge in [-0.3, -0.25) is 4.79 Å². The lowest BCUT2D eigenvalue weighted by Crippen LogP contribution is -2.15. The van der Waals surface area contributed by atoms with Gasteiger partial charge in [-0.2, -0.15) is 0 Å². The molecule has 5 nitrogen and oxygen atoms in total. The lowest BCUT2D eigenvalue weighted by molar-refractivity contribution is 0.0822. The summed E-state index contributed by atoms with van der Waals surface area (Å²) in [6.07, 6.45) is -1.98. The highest BCUT2D eigenvalue weighted by molar-refractivity contribution is 7.09. The Morgan fingerprint density at radius 3 is 2.91 bits per heavy atom. The van der Waals surface area contributed by atoms with Gasteiger partial charge in [0.1, 0.15) is 18.1 Å². The molecule has 3 N–H and O–H groups in total. The molecule has 1 aromatic carbocycles. The van der Waals surface area contributed by atoms with Crippen LogP contribution in [0.15, 0.2) is 29.6 Å². The van der Waals surface area contributed by atoms with Gasteiger partial charge in [-0.1, -0.05) is 12.1 Å². The molecule has 1 heterocycles. The summed E-state index contributed by atoms with van der Waals surface area (Å²) in [5.41, 5.74) is 6.02. The van der Waals surface area contributed by atoms with Crippen molar-refractivity contribution < 1.29 is 18.3 Å². The van der Waals surface area contributed by atoms with Gasteiger partial charge >= 0.3 is 0 Å². The fourth-order valence-electron chi connectivity index (χ4n) is 1.69. The minimum atomic E-state index is -2.58. The predicted molar refractivity (Wildman–Crippen MR) is 80.8 cm³/mol. The van der Waals surface area contributed by atoms with Gasteiger partial charge in [0.25, 0.3) is 12.3 Å². The van der Waals surface area contributed by atoms with E-state index >= 15 is 0 Å². The van der Waals surface area contributed by atoms with E-state index < -0.39 is 18.9 Å². The number of para-hydroxylation sites is 2. The zero-order valence-electron chi connectivity index (χ0n) is 11.6. The number of rotatable bonds is 7. The summed E-state index contributed by atoms with van der Waals surface area (Å²) in [5, 5.41) is 5.01. The van der Waals surface area contributed by atoms with E-state index in [9.17, 15) is 13.6 Å². The number of aromatic nitrogens is 1. The zero-order chi connectivity index (χ0) is 15.9. The number of thiazole rings is 1. The smallest absolute Gasteiger partial charge is 0.275 e. The van der Waals surface area contributed by atoms with E-state index in [0.29, 0.717) is 18.7 Å². The molecule has 0 radical (unpaired) electrons. The van der Waals surface area contributed by atoms with Crippen LogP contribution in [0.3, 0.4) is 0 Å². The average molecular weight is 327 g/mol. The Bertz CT molecular complexity index is 634. The number of hydrogen-bond acceptors (Lipinski definition) is 5. The monoisotopic (exact) mass is 327 g/mol. The minimum absolute atomic E-state index is 0.188. The molecule has 0 aliphatic heterocycles. The maximum absolute atomic E-state index is 12.2. The van der Waals surface area contributed by atoms with Crippen molar-refractivity contribution in [1.29, 1.82) is 0 Å². The summed E-state index contributed by atoms with van der Waals surface area (Å²) in [6, 6.07) is 6.40. The Kier molecular flexibility index (Phi) is 5.79. The lowest BCUT2D eigenvalue weighted by atomic mass is 10.3. The highest BCUT2D eigenvalue weighted by atomic mass is 32.1. The van der Waals surface area contributed by atoms with Crippen LogP contribution in [0.4, 0.5) is 14.5 Å². The first-order valence-electron chi connectivity index (χ1n) is 6.56. The van der Waals surface area contributed by atoms with Crippen molar-refractivity contribution in [1.82, 2.24) is 4.98 Å². The predicted octanol–water partition coefficient (Wildman–Crippen LogP) is 2.54. The third-order valence-corrected chi connectivity index (χ3v) is 3.55. The van der Waals surface area contributed by atoms with Crippen molar-refractivity contribution in [2.75, 3.05) is 18.5 Å². The number of halogens is 2. The van der Waals surface area contributed by atoms with Gasteiger partial charge in [-0.05, 0) is 18.7 Å². The number of hydrogen-bond donors (Lipinski definition) is 2. The molecule has 1 amide bonds. The van der Waals surface area contributed by atoms with Crippen LogP contribution in [0.5, 0.6) is 5.75 Å². The topological polar surface area (TPSA) is 77.2 Å². The number of nitrogens with zero attached hydrogens (tertiary/aromatic N) is 1. The number of nitrogens with two attached hydrogens (primary N) is 1.